The third-order valence-electron chi connectivity index (χ3n) is 2.36. The summed E-state index contributed by atoms with van der Waals surface area (Å²) in [5, 5.41) is 8.76. The average Bonchev–Trinajstić information content (AvgIpc) is 2.86. The Morgan fingerprint density at radius 1 is 1.56 bits per heavy atom. The Hall–Kier alpha value is -2.35. The highest BCUT2D eigenvalue weighted by Crippen LogP contribution is 2.04. The fourth-order valence-electron chi connectivity index (χ4n) is 1.54. The zero-order valence-corrected chi connectivity index (χ0v) is 8.79. The van der Waals surface area contributed by atoms with Crippen LogP contribution in [0.5, 0.6) is 0 Å². The summed E-state index contributed by atoms with van der Waals surface area (Å²) in [4.78, 5) is 15.7. The lowest BCUT2D eigenvalue weighted by molar-refractivity contribution is 0.0964. The summed E-state index contributed by atoms with van der Waals surface area (Å²) in [6.45, 7) is 0.140. The van der Waals surface area contributed by atoms with Gasteiger partial charge in [-0.1, -0.05) is 0 Å². The quantitative estimate of drug-likeness (QED) is 0.715. The van der Waals surface area contributed by atoms with Gasteiger partial charge in [-0.05, 0) is 12.1 Å². The fraction of sp³-hybridized carbons (Fsp3) is 0.182. The number of rotatable bonds is 3. The lowest BCUT2D eigenvalue weighted by Gasteiger charge is -2.04. The van der Waals surface area contributed by atoms with Crippen LogP contribution in [0.15, 0.2) is 30.7 Å². The smallest absolute Gasteiger partial charge is 0.213 e. The number of carbonyl (C=O) groups is 1. The van der Waals surface area contributed by atoms with Gasteiger partial charge in [0.15, 0.2) is 5.78 Å². The number of aromatic nitrogens is 3. The van der Waals surface area contributed by atoms with Gasteiger partial charge in [0.1, 0.15) is 6.07 Å². The van der Waals surface area contributed by atoms with E-state index in [4.69, 9.17) is 5.26 Å². The number of nitriles is 1. The van der Waals surface area contributed by atoms with Crippen LogP contribution in [0.25, 0.3) is 0 Å². The Morgan fingerprint density at radius 2 is 2.38 bits per heavy atom. The van der Waals surface area contributed by atoms with E-state index < -0.39 is 0 Å². The van der Waals surface area contributed by atoms with Crippen molar-refractivity contribution < 1.29 is 4.79 Å². The first kappa shape index (κ1) is 10.2. The second-order valence-electron chi connectivity index (χ2n) is 3.42. The molecule has 0 aliphatic rings. The summed E-state index contributed by atoms with van der Waals surface area (Å²) in [5.74, 6) is 0.213. The van der Waals surface area contributed by atoms with Gasteiger partial charge in [-0.3, -0.25) is 4.79 Å². The molecule has 0 aliphatic carbocycles. The highest BCUT2D eigenvalue weighted by molar-refractivity contribution is 5.94. The second kappa shape index (κ2) is 4.03. The van der Waals surface area contributed by atoms with E-state index >= 15 is 0 Å². The number of aryl methyl sites for hydroxylation is 1. The van der Waals surface area contributed by atoms with E-state index in [1.807, 2.05) is 25.4 Å². The van der Waals surface area contributed by atoms with Gasteiger partial charge in [0.05, 0.1) is 12.2 Å². The summed E-state index contributed by atoms with van der Waals surface area (Å²) in [5.41, 5.74) is 0.623. The molecule has 0 saturated heterocycles. The van der Waals surface area contributed by atoms with E-state index in [9.17, 15) is 4.79 Å². The third-order valence-corrected chi connectivity index (χ3v) is 2.36. The molecule has 0 amide bonds. The van der Waals surface area contributed by atoms with Gasteiger partial charge in [0, 0.05) is 25.6 Å². The molecule has 0 fully saturated rings. The Morgan fingerprint density at radius 3 is 3.00 bits per heavy atom. The number of ketones is 1. The van der Waals surface area contributed by atoms with Crippen molar-refractivity contribution in [3.63, 3.8) is 0 Å². The predicted molar refractivity (Wildman–Crippen MR) is 56.7 cm³/mol. The van der Waals surface area contributed by atoms with Crippen LogP contribution in [0.4, 0.5) is 0 Å². The molecule has 2 aromatic heterocycles. The molecule has 5 nitrogen and oxygen atoms in total. The monoisotopic (exact) mass is 214 g/mol. The minimum absolute atomic E-state index is 0.0398. The van der Waals surface area contributed by atoms with E-state index in [1.54, 1.807) is 16.8 Å². The standard InChI is InChI=1S/C11H10N4O/c1-14-5-2-3-9(14)10(16)8-15-6-4-13-11(15)7-12/h2-6H,8H2,1H3. The first-order valence-corrected chi connectivity index (χ1v) is 4.78. The number of nitrogens with zero attached hydrogens (tertiary/aromatic N) is 4. The van der Waals surface area contributed by atoms with Gasteiger partial charge in [-0.15, -0.1) is 0 Å². The second-order valence-corrected chi connectivity index (χ2v) is 3.42. The number of carbonyl (C=O) groups excluding carboxylic acids is 1. The van der Waals surface area contributed by atoms with Crippen LogP contribution in [0.1, 0.15) is 16.3 Å². The van der Waals surface area contributed by atoms with E-state index in [-0.39, 0.29) is 18.2 Å². The highest BCUT2D eigenvalue weighted by atomic mass is 16.1. The van der Waals surface area contributed by atoms with E-state index in [0.29, 0.717) is 5.69 Å². The molecule has 80 valence electrons. The van der Waals surface area contributed by atoms with Crippen LogP contribution >= 0.6 is 0 Å². The molecule has 2 aromatic rings. The molecule has 0 bridgehead atoms. The minimum Gasteiger partial charge on any atom is -0.348 e. The third kappa shape index (κ3) is 1.73. The maximum absolute atomic E-state index is 11.9. The lowest BCUT2D eigenvalue weighted by Crippen LogP contribution is -2.14. The van der Waals surface area contributed by atoms with Crippen LogP contribution in [0, 0.1) is 11.3 Å². The SMILES string of the molecule is Cn1cccc1C(=O)Cn1ccnc1C#N. The van der Waals surface area contributed by atoms with Gasteiger partial charge >= 0.3 is 0 Å². The number of hydrogen-bond donors (Lipinski definition) is 0. The van der Waals surface area contributed by atoms with Gasteiger partial charge in [0.2, 0.25) is 5.82 Å². The first-order chi connectivity index (χ1) is 7.72. The highest BCUT2D eigenvalue weighted by Gasteiger charge is 2.11. The van der Waals surface area contributed by atoms with Gasteiger partial charge in [-0.25, -0.2) is 4.98 Å². The Bertz CT molecular complexity index is 559. The molecule has 0 atom stereocenters. The van der Waals surface area contributed by atoms with Crippen LogP contribution < -0.4 is 0 Å². The average molecular weight is 214 g/mol. The maximum Gasteiger partial charge on any atom is 0.213 e. The van der Waals surface area contributed by atoms with E-state index in [2.05, 4.69) is 4.98 Å². The number of hydrogen-bond acceptors (Lipinski definition) is 3. The van der Waals surface area contributed by atoms with Gasteiger partial charge in [-0.2, -0.15) is 5.26 Å². The van der Waals surface area contributed by atoms with Crippen LogP contribution in [-0.2, 0) is 13.6 Å². The van der Waals surface area contributed by atoms with Crippen LogP contribution in [0.2, 0.25) is 0 Å². The van der Waals surface area contributed by atoms with Crippen LogP contribution in [-0.4, -0.2) is 19.9 Å². The summed E-state index contributed by atoms with van der Waals surface area (Å²) < 4.78 is 3.29. The molecule has 16 heavy (non-hydrogen) atoms. The molecule has 0 unspecified atom stereocenters. The molecule has 2 heterocycles. The number of Topliss-reactive ketones (excluding diaryl/α,β-unsaturated/α-hetero) is 1. The predicted octanol–water partition coefficient (Wildman–Crippen LogP) is 0.976. The van der Waals surface area contributed by atoms with Crippen molar-refractivity contribution in [2.45, 2.75) is 6.54 Å². The summed E-state index contributed by atoms with van der Waals surface area (Å²) in [6.07, 6.45) is 4.95. The molecule has 0 N–H and O–H groups in total. The van der Waals surface area contributed by atoms with Crippen molar-refractivity contribution >= 4 is 5.78 Å². The Balaban J connectivity index is 2.21. The molecule has 0 radical (unpaired) electrons. The molecular formula is C11H10N4O. The molecule has 0 aliphatic heterocycles. The van der Waals surface area contributed by atoms with E-state index in [0.717, 1.165) is 0 Å². The van der Waals surface area contributed by atoms with Crippen LogP contribution in [0.3, 0.4) is 0 Å². The Kier molecular flexibility index (Phi) is 2.56. The molecule has 0 saturated carbocycles. The normalized spacial score (nSPS) is 10.0. The number of imidazole rings is 1. The topological polar surface area (TPSA) is 63.6 Å². The molecule has 0 aromatic carbocycles. The Labute approximate surface area is 92.6 Å². The summed E-state index contributed by atoms with van der Waals surface area (Å²) in [7, 11) is 1.81. The van der Waals surface area contributed by atoms with Gasteiger partial charge in [0.25, 0.3) is 0 Å². The summed E-state index contributed by atoms with van der Waals surface area (Å²) >= 11 is 0. The maximum atomic E-state index is 11.9. The summed E-state index contributed by atoms with van der Waals surface area (Å²) in [6, 6.07) is 5.50. The van der Waals surface area contributed by atoms with Crippen molar-refractivity contribution in [3.05, 3.63) is 42.2 Å². The lowest BCUT2D eigenvalue weighted by atomic mass is 10.3. The van der Waals surface area contributed by atoms with Crippen molar-refractivity contribution in [2.24, 2.45) is 7.05 Å². The molecule has 2 rings (SSSR count). The molecular weight excluding hydrogens is 204 g/mol. The zero-order valence-electron chi connectivity index (χ0n) is 8.79. The molecule has 0 spiro atoms. The largest absolute Gasteiger partial charge is 0.348 e. The fourth-order valence-corrected chi connectivity index (χ4v) is 1.54. The molecule has 5 heteroatoms. The minimum atomic E-state index is -0.0398. The zero-order chi connectivity index (χ0) is 11.5. The van der Waals surface area contributed by atoms with Gasteiger partial charge < -0.3 is 9.13 Å². The van der Waals surface area contributed by atoms with Crippen molar-refractivity contribution in [1.82, 2.24) is 14.1 Å². The van der Waals surface area contributed by atoms with Crippen molar-refractivity contribution in [1.29, 1.82) is 5.26 Å². The first-order valence-electron chi connectivity index (χ1n) is 4.78. The van der Waals surface area contributed by atoms with Crippen molar-refractivity contribution in [3.8, 4) is 6.07 Å². The van der Waals surface area contributed by atoms with E-state index in [1.165, 1.54) is 10.8 Å². The van der Waals surface area contributed by atoms with Crippen molar-refractivity contribution in [2.75, 3.05) is 0 Å².